The third kappa shape index (κ3) is 5.35. The first kappa shape index (κ1) is 19.0. The highest BCUT2D eigenvalue weighted by Gasteiger charge is 2.18. The molecule has 6 heteroatoms. The molecule has 1 aliphatic heterocycles. The van der Waals surface area contributed by atoms with Crippen LogP contribution in [-0.2, 0) is 6.42 Å². The molecule has 2 aromatic rings. The number of ether oxygens (including phenoxy) is 1. The summed E-state index contributed by atoms with van der Waals surface area (Å²) in [5, 5.41) is 13.3. The summed E-state index contributed by atoms with van der Waals surface area (Å²) in [7, 11) is 0. The molecule has 142 valence electrons. The van der Waals surface area contributed by atoms with Crippen LogP contribution in [0.1, 0.15) is 49.5 Å². The lowest BCUT2D eigenvalue weighted by molar-refractivity contribution is 0.261. The molecule has 3 rings (SSSR count). The van der Waals surface area contributed by atoms with E-state index in [1.807, 2.05) is 24.3 Å². The molecule has 5 nitrogen and oxygen atoms in total. The fourth-order valence-corrected chi connectivity index (χ4v) is 4.21. The van der Waals surface area contributed by atoms with Gasteiger partial charge in [0.05, 0.1) is 11.5 Å². The number of aromatic hydroxyl groups is 1. The zero-order chi connectivity index (χ0) is 18.4. The van der Waals surface area contributed by atoms with Crippen LogP contribution in [-0.4, -0.2) is 29.3 Å². The van der Waals surface area contributed by atoms with Crippen LogP contribution in [0.15, 0.2) is 29.1 Å². The number of hydrogen-bond acceptors (Lipinski definition) is 5. The molecule has 0 saturated carbocycles. The Hall–Kier alpha value is -1.79. The van der Waals surface area contributed by atoms with E-state index in [0.717, 1.165) is 48.1 Å². The summed E-state index contributed by atoms with van der Waals surface area (Å²) in [4.78, 5) is 14.1. The van der Waals surface area contributed by atoms with E-state index in [4.69, 9.17) is 4.74 Å². The van der Waals surface area contributed by atoms with Gasteiger partial charge in [-0.2, -0.15) is 0 Å². The highest BCUT2D eigenvalue weighted by atomic mass is 32.1. The minimum absolute atomic E-state index is 0.0260. The average molecular weight is 377 g/mol. The van der Waals surface area contributed by atoms with Crippen LogP contribution in [0.25, 0.3) is 0 Å². The van der Waals surface area contributed by atoms with E-state index in [2.05, 4.69) is 17.2 Å². The lowest BCUT2D eigenvalue weighted by Gasteiger charge is -2.29. The zero-order valence-electron chi connectivity index (χ0n) is 15.3. The second-order valence-corrected chi connectivity index (χ2v) is 8.12. The molecular formula is C20H28N2O3S. The molecule has 1 fully saturated rings. The van der Waals surface area contributed by atoms with E-state index < -0.39 is 0 Å². The van der Waals surface area contributed by atoms with E-state index >= 15 is 0 Å². The Morgan fingerprint density at radius 1 is 1.27 bits per heavy atom. The minimum atomic E-state index is -0.227. The van der Waals surface area contributed by atoms with Gasteiger partial charge in [-0.15, -0.1) is 0 Å². The van der Waals surface area contributed by atoms with E-state index in [0.29, 0.717) is 17.3 Å². The molecule has 1 aliphatic rings. The summed E-state index contributed by atoms with van der Waals surface area (Å²) in [5.41, 5.74) is 1.04. The molecule has 2 heterocycles. The maximum Gasteiger partial charge on any atom is 0.307 e. The van der Waals surface area contributed by atoms with E-state index in [9.17, 15) is 9.90 Å². The van der Waals surface area contributed by atoms with E-state index in [1.165, 1.54) is 25.7 Å². The largest absolute Gasteiger partial charge is 0.494 e. The van der Waals surface area contributed by atoms with Crippen LogP contribution in [0.4, 0.5) is 0 Å². The Morgan fingerprint density at radius 2 is 2.08 bits per heavy atom. The quantitative estimate of drug-likeness (QED) is 0.615. The molecule has 0 aliphatic carbocycles. The van der Waals surface area contributed by atoms with Crippen molar-refractivity contribution in [2.24, 2.45) is 5.92 Å². The smallest absolute Gasteiger partial charge is 0.307 e. The molecule has 3 N–H and O–H groups in total. The molecule has 0 bridgehead atoms. The molecule has 0 amide bonds. The van der Waals surface area contributed by atoms with Gasteiger partial charge in [-0.25, -0.2) is 0 Å². The summed E-state index contributed by atoms with van der Waals surface area (Å²) >= 11 is 1.05. The third-order valence-corrected chi connectivity index (χ3v) is 6.02. The van der Waals surface area contributed by atoms with Crippen molar-refractivity contribution in [2.45, 2.75) is 51.5 Å². The Labute approximate surface area is 158 Å². The van der Waals surface area contributed by atoms with Crippen molar-refractivity contribution < 1.29 is 9.84 Å². The molecule has 1 aromatic carbocycles. The van der Waals surface area contributed by atoms with Crippen LogP contribution in [0, 0.1) is 5.92 Å². The summed E-state index contributed by atoms with van der Waals surface area (Å²) in [5.74, 6) is 1.69. The number of aromatic amines is 1. The predicted octanol–water partition coefficient (Wildman–Crippen LogP) is 3.67. The lowest BCUT2D eigenvalue weighted by atomic mass is 9.91. The number of rotatable bonds is 8. The summed E-state index contributed by atoms with van der Waals surface area (Å²) in [6.45, 7) is 4.16. The number of hydrogen-bond donors (Lipinski definition) is 3. The van der Waals surface area contributed by atoms with Crippen molar-refractivity contribution in [3.05, 3.63) is 44.4 Å². The van der Waals surface area contributed by atoms with Crippen molar-refractivity contribution in [2.75, 3.05) is 13.2 Å². The standard InChI is InChI=1S/C20H28N2O3S/c1-2-14-5-8-16(21-13-14)4-3-11-25-17-9-6-15(7-10-17)12-18-19(23)22-20(24)26-18/h6-7,9-10,14,16,21,23H,2-5,8,11-13H2,1H3,(H,22,24). The number of piperidine rings is 1. The second-order valence-electron chi connectivity index (χ2n) is 7.05. The maximum absolute atomic E-state index is 11.2. The van der Waals surface area contributed by atoms with Crippen LogP contribution >= 0.6 is 11.3 Å². The second kappa shape index (κ2) is 9.24. The molecule has 0 radical (unpaired) electrons. The molecule has 1 saturated heterocycles. The Bertz CT molecular complexity index is 730. The molecule has 2 unspecified atom stereocenters. The van der Waals surface area contributed by atoms with Gasteiger partial charge < -0.3 is 15.2 Å². The molecule has 26 heavy (non-hydrogen) atoms. The number of nitrogens with one attached hydrogen (secondary N) is 2. The highest BCUT2D eigenvalue weighted by molar-refractivity contribution is 7.09. The monoisotopic (exact) mass is 376 g/mol. The molecule has 2 atom stereocenters. The number of thiazole rings is 1. The van der Waals surface area contributed by atoms with Crippen molar-refractivity contribution in [1.29, 1.82) is 0 Å². The SMILES string of the molecule is CCC1CCC(CCCOc2ccc(Cc3sc(=O)[nH]c3O)cc2)NC1. The summed E-state index contributed by atoms with van der Waals surface area (Å²) in [6, 6.07) is 8.50. The normalized spacial score (nSPS) is 20.2. The fourth-order valence-electron chi connectivity index (χ4n) is 3.45. The summed E-state index contributed by atoms with van der Waals surface area (Å²) < 4.78 is 5.84. The third-order valence-electron chi connectivity index (χ3n) is 5.15. The first-order valence-electron chi connectivity index (χ1n) is 9.50. The molecule has 1 aromatic heterocycles. The lowest BCUT2D eigenvalue weighted by Crippen LogP contribution is -2.38. The number of benzene rings is 1. The Kier molecular flexibility index (Phi) is 6.74. The van der Waals surface area contributed by atoms with Crippen LogP contribution < -0.4 is 14.9 Å². The van der Waals surface area contributed by atoms with Gasteiger partial charge in [-0.1, -0.05) is 36.8 Å². The van der Waals surface area contributed by atoms with Crippen molar-refractivity contribution >= 4 is 11.3 Å². The van der Waals surface area contributed by atoms with Gasteiger partial charge >= 0.3 is 4.87 Å². The predicted molar refractivity (Wildman–Crippen MR) is 105 cm³/mol. The fraction of sp³-hybridized carbons (Fsp3) is 0.550. The van der Waals surface area contributed by atoms with E-state index in [1.54, 1.807) is 0 Å². The first-order chi connectivity index (χ1) is 12.6. The van der Waals surface area contributed by atoms with Crippen molar-refractivity contribution in [3.8, 4) is 11.6 Å². The number of aromatic nitrogens is 1. The molecular weight excluding hydrogens is 348 g/mol. The van der Waals surface area contributed by atoms with Gasteiger partial charge in [-0.05, 0) is 55.8 Å². The van der Waals surface area contributed by atoms with Crippen LogP contribution in [0.2, 0.25) is 0 Å². The van der Waals surface area contributed by atoms with E-state index in [-0.39, 0.29) is 10.8 Å². The van der Waals surface area contributed by atoms with Crippen LogP contribution in [0.5, 0.6) is 11.6 Å². The van der Waals surface area contributed by atoms with Crippen molar-refractivity contribution in [1.82, 2.24) is 10.3 Å². The van der Waals surface area contributed by atoms with Gasteiger partial charge in [0.2, 0.25) is 5.88 Å². The average Bonchev–Trinajstić information content (AvgIpc) is 2.97. The Morgan fingerprint density at radius 3 is 2.69 bits per heavy atom. The van der Waals surface area contributed by atoms with Gasteiger partial charge in [-0.3, -0.25) is 9.78 Å². The topological polar surface area (TPSA) is 74.4 Å². The first-order valence-corrected chi connectivity index (χ1v) is 10.3. The molecule has 0 spiro atoms. The van der Waals surface area contributed by atoms with Gasteiger partial charge in [0.15, 0.2) is 0 Å². The van der Waals surface area contributed by atoms with Crippen LogP contribution in [0.3, 0.4) is 0 Å². The summed E-state index contributed by atoms with van der Waals surface area (Å²) in [6.07, 6.45) is 6.68. The van der Waals surface area contributed by atoms with Gasteiger partial charge in [0.25, 0.3) is 0 Å². The minimum Gasteiger partial charge on any atom is -0.494 e. The van der Waals surface area contributed by atoms with Gasteiger partial charge in [0, 0.05) is 12.5 Å². The Balaban J connectivity index is 1.38. The van der Waals surface area contributed by atoms with Gasteiger partial charge in [0.1, 0.15) is 5.75 Å². The van der Waals surface area contributed by atoms with Crippen molar-refractivity contribution in [3.63, 3.8) is 0 Å². The maximum atomic E-state index is 11.2. The highest BCUT2D eigenvalue weighted by Crippen LogP contribution is 2.22. The number of H-pyrrole nitrogens is 1. The zero-order valence-corrected chi connectivity index (χ0v) is 16.1.